The number of hydrogen-bond donors (Lipinski definition) is 2. The Kier molecular flexibility index (Phi) is 58.6. The van der Waals surface area contributed by atoms with E-state index in [1.165, 1.54) is 193 Å². The number of esters is 2. The van der Waals surface area contributed by atoms with Gasteiger partial charge in [-0.3, -0.25) is 18.6 Å². The lowest BCUT2D eigenvalue weighted by atomic mass is 10.0. The van der Waals surface area contributed by atoms with E-state index in [0.29, 0.717) is 6.42 Å². The molecule has 0 fully saturated rings. The molecule has 0 aromatic carbocycles. The number of hydrogen-bond acceptors (Lipinski definition) is 8. The van der Waals surface area contributed by atoms with E-state index in [0.717, 1.165) is 70.6 Å². The van der Waals surface area contributed by atoms with Crippen LogP contribution in [0, 0.1) is 0 Å². The molecule has 0 aromatic heterocycles. The van der Waals surface area contributed by atoms with Gasteiger partial charge in [0, 0.05) is 19.4 Å². The van der Waals surface area contributed by atoms with E-state index in [9.17, 15) is 19.0 Å². The third-order valence-corrected chi connectivity index (χ3v) is 14.6. The third-order valence-electron chi connectivity index (χ3n) is 13.6. The zero-order valence-electron chi connectivity index (χ0n) is 48.8. The minimum Gasteiger partial charge on any atom is -0.462 e. The fraction of sp³-hybridized carbons (Fsp3) is 0.785. The van der Waals surface area contributed by atoms with Crippen molar-refractivity contribution >= 4 is 19.8 Å². The van der Waals surface area contributed by atoms with Gasteiger partial charge in [0.1, 0.15) is 6.61 Å². The predicted octanol–water partition coefficient (Wildman–Crippen LogP) is 20.1. The number of ether oxygens (including phenoxy) is 2. The summed E-state index contributed by atoms with van der Waals surface area (Å²) in [6, 6.07) is 0. The van der Waals surface area contributed by atoms with E-state index < -0.39 is 26.5 Å². The highest BCUT2D eigenvalue weighted by molar-refractivity contribution is 7.47. The van der Waals surface area contributed by atoms with Gasteiger partial charge in [-0.05, 0) is 83.5 Å². The maximum atomic E-state index is 12.7. The van der Waals surface area contributed by atoms with Crippen molar-refractivity contribution < 1.29 is 37.6 Å². The summed E-state index contributed by atoms with van der Waals surface area (Å²) in [7, 11) is -4.39. The zero-order valence-corrected chi connectivity index (χ0v) is 49.7. The lowest BCUT2D eigenvalue weighted by molar-refractivity contribution is -0.161. The van der Waals surface area contributed by atoms with Gasteiger partial charge in [0.2, 0.25) is 0 Å². The van der Waals surface area contributed by atoms with Crippen LogP contribution >= 0.6 is 7.82 Å². The van der Waals surface area contributed by atoms with E-state index in [1.54, 1.807) is 0 Å². The molecule has 0 spiro atoms. The van der Waals surface area contributed by atoms with Gasteiger partial charge in [-0.1, -0.05) is 273 Å². The fourth-order valence-corrected chi connectivity index (χ4v) is 9.72. The molecular formula is C65H118NO8P. The second kappa shape index (κ2) is 60.7. The second-order valence-electron chi connectivity index (χ2n) is 20.9. The highest BCUT2D eigenvalue weighted by Crippen LogP contribution is 2.43. The van der Waals surface area contributed by atoms with Crippen LogP contribution in [0.2, 0.25) is 0 Å². The molecule has 0 aliphatic carbocycles. The standard InChI is InChI=1S/C65H118NO8P/c1-3-5-7-9-11-13-15-17-19-21-23-25-27-29-31-33-35-37-39-41-43-45-47-49-51-53-55-57-64(67)71-61-63(62-73-75(69,70)72-60-59-66)74-65(68)58-56-54-52-50-48-46-44-42-40-38-36-34-32-30-28-26-24-22-20-18-16-14-12-10-8-6-4-2/h6,8,12,14-15,17-18,20-21,23-24,26,63H,3-5,7,9-11,13,16,19,22,25,27-62,66H2,1-2H3,(H,69,70)/b8-6-,14-12-,17-15-,20-18-,23-21-,26-24-. The maximum Gasteiger partial charge on any atom is 0.472 e. The lowest BCUT2D eigenvalue weighted by Crippen LogP contribution is -2.29. The molecule has 0 saturated carbocycles. The molecule has 9 nitrogen and oxygen atoms in total. The van der Waals surface area contributed by atoms with Crippen molar-refractivity contribution in [2.75, 3.05) is 26.4 Å². The summed E-state index contributed by atoms with van der Waals surface area (Å²) in [5, 5.41) is 0. The lowest BCUT2D eigenvalue weighted by Gasteiger charge is -2.19. The molecule has 0 heterocycles. The average molecular weight is 1070 g/mol. The highest BCUT2D eigenvalue weighted by Gasteiger charge is 2.26. The Morgan fingerprint density at radius 2 is 0.733 bits per heavy atom. The Morgan fingerprint density at radius 1 is 0.413 bits per heavy atom. The SMILES string of the molecule is CC/C=C\C/C=C\C/C=C\C/C=C\CCCCCCCCCCCCCCCCC(=O)OC(COC(=O)CCCCCCCCCCCCCCCCC/C=C\C/C=C\CCCCCCC)COP(=O)(O)OCCN. The Balaban J connectivity index is 3.92. The number of carbonyl (C=O) groups excluding carboxylic acids is 2. The molecule has 0 rings (SSSR count). The van der Waals surface area contributed by atoms with Gasteiger partial charge in [-0.15, -0.1) is 0 Å². The molecule has 2 unspecified atom stereocenters. The van der Waals surface area contributed by atoms with Crippen LogP contribution in [0.4, 0.5) is 0 Å². The van der Waals surface area contributed by atoms with Gasteiger partial charge in [0.25, 0.3) is 0 Å². The number of carbonyl (C=O) groups is 2. The van der Waals surface area contributed by atoms with Crippen molar-refractivity contribution in [3.05, 3.63) is 72.9 Å². The number of nitrogens with two attached hydrogens (primary N) is 1. The normalized spacial score (nSPS) is 13.5. The summed E-state index contributed by atoms with van der Waals surface area (Å²) in [5.41, 5.74) is 5.39. The molecule has 0 bridgehead atoms. The summed E-state index contributed by atoms with van der Waals surface area (Å²) in [4.78, 5) is 35.3. The van der Waals surface area contributed by atoms with Crippen LogP contribution in [-0.2, 0) is 32.7 Å². The fourth-order valence-electron chi connectivity index (χ4n) is 8.95. The summed E-state index contributed by atoms with van der Waals surface area (Å²) in [6.45, 7) is 3.66. The number of allylic oxidation sites excluding steroid dienone is 12. The van der Waals surface area contributed by atoms with Crippen LogP contribution in [0.1, 0.15) is 296 Å². The van der Waals surface area contributed by atoms with Crippen molar-refractivity contribution in [1.82, 2.24) is 0 Å². The quantitative estimate of drug-likeness (QED) is 0.0264. The van der Waals surface area contributed by atoms with Gasteiger partial charge in [0.05, 0.1) is 13.2 Å². The predicted molar refractivity (Wildman–Crippen MR) is 321 cm³/mol. The average Bonchev–Trinajstić information content (AvgIpc) is 3.40. The van der Waals surface area contributed by atoms with E-state index in [2.05, 4.69) is 86.8 Å². The number of rotatable bonds is 59. The minimum atomic E-state index is -4.39. The van der Waals surface area contributed by atoms with Crippen molar-refractivity contribution in [2.24, 2.45) is 5.73 Å². The molecule has 10 heteroatoms. The van der Waals surface area contributed by atoms with Crippen LogP contribution in [0.5, 0.6) is 0 Å². The molecule has 75 heavy (non-hydrogen) atoms. The summed E-state index contributed by atoms with van der Waals surface area (Å²) in [6.07, 6.45) is 78.2. The molecular weight excluding hydrogens is 954 g/mol. The Morgan fingerprint density at radius 3 is 1.09 bits per heavy atom. The first-order valence-electron chi connectivity index (χ1n) is 31.4. The monoisotopic (exact) mass is 1070 g/mol. The van der Waals surface area contributed by atoms with E-state index >= 15 is 0 Å². The first kappa shape index (κ1) is 72.5. The van der Waals surface area contributed by atoms with Crippen LogP contribution in [-0.4, -0.2) is 49.3 Å². The Bertz CT molecular complexity index is 1460. The van der Waals surface area contributed by atoms with Gasteiger partial charge in [0.15, 0.2) is 6.10 Å². The summed E-state index contributed by atoms with van der Waals surface area (Å²) < 4.78 is 33.1. The molecule has 0 radical (unpaired) electrons. The smallest absolute Gasteiger partial charge is 0.462 e. The van der Waals surface area contributed by atoms with Gasteiger partial charge < -0.3 is 20.1 Å². The molecule has 3 N–H and O–H groups in total. The Labute approximate surface area is 462 Å². The molecule has 0 amide bonds. The Hall–Kier alpha value is -2.55. The third kappa shape index (κ3) is 60.5. The second-order valence-corrected chi connectivity index (χ2v) is 22.3. The zero-order chi connectivity index (χ0) is 54.5. The van der Waals surface area contributed by atoms with Crippen molar-refractivity contribution in [1.29, 1.82) is 0 Å². The molecule has 0 aliphatic rings. The van der Waals surface area contributed by atoms with Gasteiger partial charge in [-0.2, -0.15) is 0 Å². The van der Waals surface area contributed by atoms with Crippen LogP contribution in [0.3, 0.4) is 0 Å². The number of phosphoric ester groups is 1. The van der Waals surface area contributed by atoms with Gasteiger partial charge >= 0.3 is 19.8 Å². The largest absolute Gasteiger partial charge is 0.472 e. The van der Waals surface area contributed by atoms with Crippen LogP contribution in [0.25, 0.3) is 0 Å². The molecule has 0 aromatic rings. The van der Waals surface area contributed by atoms with E-state index in [1.807, 2.05) is 0 Å². The van der Waals surface area contributed by atoms with Gasteiger partial charge in [-0.25, -0.2) is 4.57 Å². The minimum absolute atomic E-state index is 0.0522. The first-order chi connectivity index (χ1) is 36.8. The summed E-state index contributed by atoms with van der Waals surface area (Å²) >= 11 is 0. The number of unbranched alkanes of at least 4 members (excludes halogenated alkanes) is 34. The molecule has 436 valence electrons. The number of phosphoric acid groups is 1. The van der Waals surface area contributed by atoms with E-state index in [4.69, 9.17) is 24.3 Å². The maximum absolute atomic E-state index is 12.7. The van der Waals surface area contributed by atoms with E-state index in [-0.39, 0.29) is 38.6 Å². The topological polar surface area (TPSA) is 134 Å². The van der Waals surface area contributed by atoms with Crippen molar-refractivity contribution in [3.8, 4) is 0 Å². The molecule has 2 atom stereocenters. The molecule has 0 saturated heterocycles. The first-order valence-corrected chi connectivity index (χ1v) is 32.9. The van der Waals surface area contributed by atoms with Crippen molar-refractivity contribution in [3.63, 3.8) is 0 Å². The van der Waals surface area contributed by atoms with Crippen LogP contribution in [0.15, 0.2) is 72.9 Å². The van der Waals surface area contributed by atoms with Crippen LogP contribution < -0.4 is 5.73 Å². The highest BCUT2D eigenvalue weighted by atomic mass is 31.2. The summed E-state index contributed by atoms with van der Waals surface area (Å²) in [5.74, 6) is -0.819. The molecule has 0 aliphatic heterocycles. The van der Waals surface area contributed by atoms with Crippen molar-refractivity contribution in [2.45, 2.75) is 302 Å².